The van der Waals surface area contributed by atoms with Crippen molar-refractivity contribution in [2.75, 3.05) is 20.3 Å². The first-order chi connectivity index (χ1) is 18.0. The Morgan fingerprint density at radius 1 is 1.16 bits per heavy atom. The summed E-state index contributed by atoms with van der Waals surface area (Å²) in [6.45, 7) is -0.150. The fourth-order valence-corrected chi connectivity index (χ4v) is 6.32. The van der Waals surface area contributed by atoms with Gasteiger partial charge in [-0.15, -0.1) is 0 Å². The fraction of sp³-hybridized carbons (Fsp3) is 0.607. The Morgan fingerprint density at radius 3 is 2.54 bits per heavy atom. The summed E-state index contributed by atoms with van der Waals surface area (Å²) in [5.74, 6) is -0.318. The molecule has 9 nitrogen and oxygen atoms in total. The highest BCUT2D eigenvalue weighted by Crippen LogP contribution is 2.51. The molecule has 4 aliphatic rings. The molecule has 1 aliphatic heterocycles. The average Bonchev–Trinajstić information content (AvgIpc) is 3.27. The highest BCUT2D eigenvalue weighted by Gasteiger charge is 2.53. The minimum atomic E-state index is -1.08. The Morgan fingerprint density at radius 2 is 1.92 bits per heavy atom. The molecule has 3 N–H and O–H groups in total. The lowest BCUT2D eigenvalue weighted by Crippen LogP contribution is -2.60. The second-order valence-electron chi connectivity index (χ2n) is 10.6. The Balaban J connectivity index is 1.59. The summed E-state index contributed by atoms with van der Waals surface area (Å²) in [7, 11) is 1.47. The Hall–Kier alpha value is -2.91. The molecule has 4 unspecified atom stereocenters. The number of aldehydes is 1. The first-order valence-corrected chi connectivity index (χ1v) is 13.4. The molecule has 3 aliphatic carbocycles. The normalized spacial score (nSPS) is 27.2. The second kappa shape index (κ2) is 10.8. The summed E-state index contributed by atoms with van der Waals surface area (Å²) in [5, 5.41) is 23.8. The van der Waals surface area contributed by atoms with Gasteiger partial charge in [0.05, 0.1) is 25.7 Å². The number of hydrogen-bond acceptors (Lipinski definition) is 7. The van der Waals surface area contributed by atoms with Gasteiger partial charge in [-0.1, -0.05) is 25.7 Å². The van der Waals surface area contributed by atoms with Gasteiger partial charge in [0.25, 0.3) is 0 Å². The molecule has 0 saturated heterocycles. The molecule has 37 heavy (non-hydrogen) atoms. The molecule has 0 radical (unpaired) electrons. The van der Waals surface area contributed by atoms with E-state index in [1.54, 1.807) is 18.2 Å². The monoisotopic (exact) mass is 512 g/mol. The van der Waals surface area contributed by atoms with Crippen LogP contribution in [0.3, 0.4) is 0 Å². The van der Waals surface area contributed by atoms with Crippen molar-refractivity contribution in [3.63, 3.8) is 0 Å². The number of aliphatic hydroxyl groups excluding tert-OH is 2. The zero-order valence-corrected chi connectivity index (χ0v) is 21.2. The molecule has 1 aromatic carbocycles. The van der Waals surface area contributed by atoms with Gasteiger partial charge in [0.15, 0.2) is 11.5 Å². The van der Waals surface area contributed by atoms with Crippen LogP contribution in [0.15, 0.2) is 23.8 Å². The largest absolute Gasteiger partial charge is 0.493 e. The summed E-state index contributed by atoms with van der Waals surface area (Å²) < 4.78 is 11.8. The number of fused-ring (bicyclic) bond motifs is 3. The average molecular weight is 513 g/mol. The van der Waals surface area contributed by atoms with Crippen molar-refractivity contribution in [1.82, 2.24) is 10.2 Å². The van der Waals surface area contributed by atoms with Crippen LogP contribution in [0.1, 0.15) is 73.2 Å². The lowest BCUT2D eigenvalue weighted by molar-refractivity contribution is -0.148. The van der Waals surface area contributed by atoms with E-state index in [4.69, 9.17) is 9.47 Å². The van der Waals surface area contributed by atoms with Gasteiger partial charge in [0.2, 0.25) is 11.8 Å². The maximum Gasteiger partial charge on any atom is 0.247 e. The summed E-state index contributed by atoms with van der Waals surface area (Å²) >= 11 is 0. The fourth-order valence-electron chi connectivity index (χ4n) is 6.32. The number of ether oxygens (including phenoxy) is 2. The molecule has 1 aromatic rings. The molecular formula is C28H36N2O7. The van der Waals surface area contributed by atoms with E-state index >= 15 is 0 Å². The first-order valence-electron chi connectivity index (χ1n) is 13.4. The van der Waals surface area contributed by atoms with Crippen LogP contribution in [-0.4, -0.2) is 77.8 Å². The van der Waals surface area contributed by atoms with Gasteiger partial charge in [-0.3, -0.25) is 14.4 Å². The van der Waals surface area contributed by atoms with Crippen molar-refractivity contribution < 1.29 is 34.1 Å². The summed E-state index contributed by atoms with van der Waals surface area (Å²) in [4.78, 5) is 40.7. The molecule has 1 heterocycles. The maximum absolute atomic E-state index is 13.8. The quantitative estimate of drug-likeness (QED) is 0.456. The van der Waals surface area contributed by atoms with E-state index in [-0.39, 0.29) is 31.0 Å². The van der Waals surface area contributed by atoms with E-state index in [0.717, 1.165) is 51.4 Å². The van der Waals surface area contributed by atoms with Crippen LogP contribution in [0.2, 0.25) is 0 Å². The number of nitrogens with zero attached hydrogens (tertiary/aromatic N) is 1. The van der Waals surface area contributed by atoms with Crippen LogP contribution in [0, 0.1) is 5.92 Å². The zero-order chi connectivity index (χ0) is 26.1. The van der Waals surface area contributed by atoms with Gasteiger partial charge < -0.3 is 29.9 Å². The van der Waals surface area contributed by atoms with Crippen molar-refractivity contribution in [1.29, 1.82) is 0 Å². The molecule has 5 rings (SSSR count). The molecule has 2 saturated carbocycles. The van der Waals surface area contributed by atoms with E-state index in [2.05, 4.69) is 5.32 Å². The van der Waals surface area contributed by atoms with Gasteiger partial charge in [-0.25, -0.2) is 0 Å². The number of carbonyl (C=O) groups excluding carboxylic acids is 3. The summed E-state index contributed by atoms with van der Waals surface area (Å²) in [5.41, 5.74) is 1.32. The number of nitrogens with one attached hydrogen (secondary N) is 1. The van der Waals surface area contributed by atoms with E-state index in [9.17, 15) is 24.6 Å². The number of rotatable bonds is 8. The van der Waals surface area contributed by atoms with Crippen LogP contribution in [0.4, 0.5) is 0 Å². The van der Waals surface area contributed by atoms with Crippen LogP contribution >= 0.6 is 0 Å². The van der Waals surface area contributed by atoms with Crippen molar-refractivity contribution in [3.05, 3.63) is 34.9 Å². The molecular weight excluding hydrogens is 476 g/mol. The third-order valence-corrected chi connectivity index (χ3v) is 8.41. The Kier molecular flexibility index (Phi) is 7.53. The lowest BCUT2D eigenvalue weighted by atomic mass is 9.75. The Labute approximate surface area is 216 Å². The maximum atomic E-state index is 13.8. The molecule has 200 valence electrons. The lowest BCUT2D eigenvalue weighted by Gasteiger charge is -2.47. The highest BCUT2D eigenvalue weighted by atomic mass is 16.5. The second-order valence-corrected chi connectivity index (χ2v) is 10.6. The number of amides is 2. The van der Waals surface area contributed by atoms with E-state index < -0.39 is 30.1 Å². The van der Waals surface area contributed by atoms with E-state index in [1.165, 1.54) is 7.11 Å². The molecule has 2 fully saturated rings. The van der Waals surface area contributed by atoms with Crippen molar-refractivity contribution in [3.8, 4) is 11.5 Å². The van der Waals surface area contributed by atoms with E-state index in [0.29, 0.717) is 34.5 Å². The third-order valence-electron chi connectivity index (χ3n) is 8.41. The number of aliphatic hydroxyl groups is 2. The number of benzene rings is 1. The van der Waals surface area contributed by atoms with Crippen LogP contribution in [-0.2, 0) is 9.59 Å². The van der Waals surface area contributed by atoms with Crippen LogP contribution in [0.25, 0.3) is 0 Å². The van der Waals surface area contributed by atoms with Crippen LogP contribution < -0.4 is 14.8 Å². The molecule has 0 spiro atoms. The van der Waals surface area contributed by atoms with Gasteiger partial charge in [-0.05, 0) is 43.9 Å². The first kappa shape index (κ1) is 25.7. The van der Waals surface area contributed by atoms with E-state index in [1.807, 2.05) is 4.90 Å². The predicted octanol–water partition coefficient (Wildman–Crippen LogP) is 2.09. The smallest absolute Gasteiger partial charge is 0.247 e. The molecule has 2 amide bonds. The third kappa shape index (κ3) is 4.63. The minimum Gasteiger partial charge on any atom is -0.493 e. The topological polar surface area (TPSA) is 125 Å². The standard InChI is InChI=1S/C28H36N2O7/c1-36-22-13-16(15-32)12-19-23-20(27(34)29-10-11-31)14-21(24(33)26(23)37-25(19)22)30(18-8-3-2-4-9-18)28(35)17-6-5-7-17/h12-15,17-18,21,23-24,26,31,33H,2-11H2,1H3,(H,29,34). The number of methoxy groups -OCH3 is 1. The predicted molar refractivity (Wildman–Crippen MR) is 135 cm³/mol. The Bertz CT molecular complexity index is 1080. The SMILES string of the molecule is COc1cc(C=O)cc2c1OC1C2C(C(=O)NCCO)=CC(N(C(=O)C2CCC2)C2CCCCC2)C1O. The minimum absolute atomic E-state index is 0.00367. The molecule has 9 heteroatoms. The van der Waals surface area contributed by atoms with Crippen molar-refractivity contribution in [2.45, 2.75) is 81.6 Å². The van der Waals surface area contributed by atoms with Gasteiger partial charge >= 0.3 is 0 Å². The number of hydrogen-bond donors (Lipinski definition) is 3. The molecule has 0 aromatic heterocycles. The van der Waals surface area contributed by atoms with Gasteiger partial charge in [0.1, 0.15) is 18.5 Å². The molecule has 4 atom stereocenters. The van der Waals surface area contributed by atoms with Gasteiger partial charge in [0, 0.05) is 35.2 Å². The number of carbonyl (C=O) groups is 3. The highest BCUT2D eigenvalue weighted by molar-refractivity contribution is 5.96. The van der Waals surface area contributed by atoms with Crippen molar-refractivity contribution >= 4 is 18.1 Å². The summed E-state index contributed by atoms with van der Waals surface area (Å²) in [6.07, 6.45) is 8.13. The molecule has 0 bridgehead atoms. The summed E-state index contributed by atoms with van der Waals surface area (Å²) in [6, 6.07) is 2.50. The zero-order valence-electron chi connectivity index (χ0n) is 21.2. The van der Waals surface area contributed by atoms with Crippen LogP contribution in [0.5, 0.6) is 11.5 Å². The van der Waals surface area contributed by atoms with Gasteiger partial charge in [-0.2, -0.15) is 0 Å². The van der Waals surface area contributed by atoms with Crippen molar-refractivity contribution in [2.24, 2.45) is 5.92 Å².